The Hall–Kier alpha value is -1.49. The van der Waals surface area contributed by atoms with E-state index in [0.29, 0.717) is 11.1 Å². The molecular weight excluding hydrogens is 275 g/mol. The minimum Gasteiger partial charge on any atom is -0.307 e. The minimum atomic E-state index is -0.285. The van der Waals surface area contributed by atoms with E-state index in [1.165, 1.54) is 22.9 Å². The van der Waals surface area contributed by atoms with E-state index in [9.17, 15) is 9.18 Å². The summed E-state index contributed by atoms with van der Waals surface area (Å²) in [5, 5.41) is 0. The first-order valence-electron chi connectivity index (χ1n) is 4.61. The second-order valence-corrected chi connectivity index (χ2v) is 4.12. The van der Waals surface area contributed by atoms with Gasteiger partial charge in [0.05, 0.1) is 12.7 Å². The van der Waals surface area contributed by atoms with Crippen LogP contribution in [0.4, 0.5) is 4.39 Å². The molecule has 0 amide bonds. The summed E-state index contributed by atoms with van der Waals surface area (Å²) in [6.45, 7) is 0.403. The molecule has 2 aromatic rings. The minimum absolute atomic E-state index is 0.187. The molecule has 0 spiro atoms. The van der Waals surface area contributed by atoms with Gasteiger partial charge in [-0.25, -0.2) is 9.37 Å². The Morgan fingerprint density at radius 2 is 2.00 bits per heavy atom. The van der Waals surface area contributed by atoms with Crippen LogP contribution in [0.1, 0.15) is 5.56 Å². The fraction of sp³-hybridized carbons (Fsp3) is 0.0909. The van der Waals surface area contributed by atoms with E-state index in [0.717, 1.165) is 5.56 Å². The highest BCUT2D eigenvalue weighted by molar-refractivity contribution is 9.10. The van der Waals surface area contributed by atoms with Gasteiger partial charge in [-0.15, -0.1) is 0 Å². The van der Waals surface area contributed by atoms with E-state index < -0.39 is 0 Å². The van der Waals surface area contributed by atoms with Crippen LogP contribution in [0.2, 0.25) is 0 Å². The summed E-state index contributed by atoms with van der Waals surface area (Å²) in [6, 6.07) is 6.04. The zero-order chi connectivity index (χ0) is 11.5. The molecule has 1 aromatic carbocycles. The Morgan fingerprint density at radius 1 is 1.31 bits per heavy atom. The third-order valence-electron chi connectivity index (χ3n) is 2.11. The van der Waals surface area contributed by atoms with Crippen molar-refractivity contribution in [1.82, 2.24) is 9.55 Å². The number of nitrogens with zero attached hydrogens (tertiary/aromatic N) is 2. The summed E-state index contributed by atoms with van der Waals surface area (Å²) in [7, 11) is 0. The van der Waals surface area contributed by atoms with Gasteiger partial charge in [0.25, 0.3) is 5.56 Å². The van der Waals surface area contributed by atoms with Crippen molar-refractivity contribution >= 4 is 15.9 Å². The van der Waals surface area contributed by atoms with E-state index in [4.69, 9.17) is 0 Å². The van der Waals surface area contributed by atoms with Gasteiger partial charge < -0.3 is 4.57 Å². The molecule has 5 heteroatoms. The number of halogens is 2. The average molecular weight is 283 g/mol. The van der Waals surface area contributed by atoms with Crippen LogP contribution in [0.5, 0.6) is 0 Å². The molecule has 1 aromatic heterocycles. The van der Waals surface area contributed by atoms with Gasteiger partial charge in [0, 0.05) is 6.20 Å². The van der Waals surface area contributed by atoms with E-state index in [2.05, 4.69) is 20.9 Å². The summed E-state index contributed by atoms with van der Waals surface area (Å²) in [5.74, 6) is -0.285. The Labute approximate surface area is 99.7 Å². The van der Waals surface area contributed by atoms with Crippen molar-refractivity contribution in [1.29, 1.82) is 0 Å². The van der Waals surface area contributed by atoms with Crippen molar-refractivity contribution in [2.45, 2.75) is 6.54 Å². The Bertz CT molecular complexity index is 551. The smallest absolute Gasteiger partial charge is 0.269 e. The molecule has 0 atom stereocenters. The van der Waals surface area contributed by atoms with Crippen molar-refractivity contribution in [3.05, 3.63) is 63.0 Å². The van der Waals surface area contributed by atoms with Crippen LogP contribution in [0, 0.1) is 5.82 Å². The van der Waals surface area contributed by atoms with E-state index >= 15 is 0 Å². The standard InChI is InChI=1S/C11H8BrFN2O/c12-10-7-15(11(16)5-14-10)6-8-1-3-9(13)4-2-8/h1-5,7H,6H2. The SMILES string of the molecule is O=c1cnc(Br)cn1Cc1ccc(F)cc1. The lowest BCUT2D eigenvalue weighted by atomic mass is 10.2. The molecule has 3 nitrogen and oxygen atoms in total. The fourth-order valence-electron chi connectivity index (χ4n) is 1.33. The molecule has 0 aliphatic heterocycles. The largest absolute Gasteiger partial charge is 0.307 e. The maximum Gasteiger partial charge on any atom is 0.269 e. The molecule has 0 unspecified atom stereocenters. The van der Waals surface area contributed by atoms with Crippen LogP contribution < -0.4 is 5.56 Å². The van der Waals surface area contributed by atoms with Crippen LogP contribution in [0.15, 0.2) is 46.1 Å². The van der Waals surface area contributed by atoms with Crippen LogP contribution in [-0.4, -0.2) is 9.55 Å². The molecule has 16 heavy (non-hydrogen) atoms. The summed E-state index contributed by atoms with van der Waals surface area (Å²) in [6.07, 6.45) is 2.85. The molecule has 0 saturated carbocycles. The first kappa shape index (κ1) is 11.0. The van der Waals surface area contributed by atoms with Crippen molar-refractivity contribution in [2.75, 3.05) is 0 Å². The molecule has 0 saturated heterocycles. The van der Waals surface area contributed by atoms with Gasteiger partial charge in [-0.3, -0.25) is 4.79 Å². The van der Waals surface area contributed by atoms with Gasteiger partial charge >= 0.3 is 0 Å². The molecule has 82 valence electrons. The second-order valence-electron chi connectivity index (χ2n) is 3.30. The fourth-order valence-corrected chi connectivity index (χ4v) is 1.68. The predicted molar refractivity (Wildman–Crippen MR) is 61.7 cm³/mol. The van der Waals surface area contributed by atoms with Crippen molar-refractivity contribution in [3.8, 4) is 0 Å². The van der Waals surface area contributed by atoms with Gasteiger partial charge in [-0.2, -0.15) is 0 Å². The van der Waals surface area contributed by atoms with Gasteiger partial charge in [0.1, 0.15) is 10.4 Å². The molecule has 0 bridgehead atoms. The topological polar surface area (TPSA) is 34.9 Å². The van der Waals surface area contributed by atoms with Crippen LogP contribution >= 0.6 is 15.9 Å². The van der Waals surface area contributed by atoms with Gasteiger partial charge in [-0.05, 0) is 33.6 Å². The van der Waals surface area contributed by atoms with Gasteiger partial charge in [0.2, 0.25) is 0 Å². The van der Waals surface area contributed by atoms with Crippen molar-refractivity contribution in [2.24, 2.45) is 0 Å². The first-order valence-corrected chi connectivity index (χ1v) is 5.41. The third kappa shape index (κ3) is 2.55. The van der Waals surface area contributed by atoms with Crippen molar-refractivity contribution in [3.63, 3.8) is 0 Å². The number of rotatable bonds is 2. The van der Waals surface area contributed by atoms with Crippen LogP contribution in [0.3, 0.4) is 0 Å². The molecule has 0 fully saturated rings. The Morgan fingerprint density at radius 3 is 2.69 bits per heavy atom. The summed E-state index contributed by atoms with van der Waals surface area (Å²) >= 11 is 3.19. The lowest BCUT2D eigenvalue weighted by Crippen LogP contribution is -2.19. The molecule has 0 aliphatic carbocycles. The molecule has 2 rings (SSSR count). The van der Waals surface area contributed by atoms with E-state index in [-0.39, 0.29) is 11.4 Å². The zero-order valence-electron chi connectivity index (χ0n) is 8.23. The van der Waals surface area contributed by atoms with Crippen molar-refractivity contribution < 1.29 is 4.39 Å². The number of hydrogen-bond donors (Lipinski definition) is 0. The summed E-state index contributed by atoms with van der Waals surface area (Å²) < 4.78 is 14.8. The molecule has 1 heterocycles. The maximum absolute atomic E-state index is 12.7. The normalized spacial score (nSPS) is 10.4. The van der Waals surface area contributed by atoms with E-state index in [1.54, 1.807) is 18.3 Å². The summed E-state index contributed by atoms with van der Waals surface area (Å²) in [5.41, 5.74) is 0.675. The number of aromatic nitrogens is 2. The Balaban J connectivity index is 2.30. The van der Waals surface area contributed by atoms with Crippen LogP contribution in [0.25, 0.3) is 0 Å². The maximum atomic E-state index is 12.7. The summed E-state index contributed by atoms with van der Waals surface area (Å²) in [4.78, 5) is 15.3. The number of hydrogen-bond acceptors (Lipinski definition) is 2. The predicted octanol–water partition coefficient (Wildman–Crippen LogP) is 2.19. The lowest BCUT2D eigenvalue weighted by molar-refractivity contribution is 0.626. The zero-order valence-corrected chi connectivity index (χ0v) is 9.82. The third-order valence-corrected chi connectivity index (χ3v) is 2.52. The highest BCUT2D eigenvalue weighted by Crippen LogP contribution is 2.06. The number of benzene rings is 1. The molecule has 0 radical (unpaired) electrons. The van der Waals surface area contributed by atoms with Gasteiger partial charge in [-0.1, -0.05) is 12.1 Å². The monoisotopic (exact) mass is 282 g/mol. The highest BCUT2D eigenvalue weighted by atomic mass is 79.9. The van der Waals surface area contributed by atoms with Crippen LogP contribution in [-0.2, 0) is 6.54 Å². The highest BCUT2D eigenvalue weighted by Gasteiger charge is 2.00. The molecule has 0 N–H and O–H groups in total. The van der Waals surface area contributed by atoms with Gasteiger partial charge in [0.15, 0.2) is 0 Å². The second kappa shape index (κ2) is 4.57. The Kier molecular flexibility index (Phi) is 3.14. The average Bonchev–Trinajstić information content (AvgIpc) is 2.27. The quantitative estimate of drug-likeness (QED) is 0.846. The molecular formula is C11H8BrFN2O. The first-order chi connectivity index (χ1) is 7.65. The van der Waals surface area contributed by atoms with E-state index in [1.807, 2.05) is 0 Å². The molecule has 0 aliphatic rings. The lowest BCUT2D eigenvalue weighted by Gasteiger charge is -2.05.